The number of nitrogens with zero attached hydrogens (tertiary/aromatic N) is 3. The number of aromatic nitrogens is 3. The van der Waals surface area contributed by atoms with Crippen molar-refractivity contribution in [2.75, 3.05) is 0 Å². The van der Waals surface area contributed by atoms with Crippen molar-refractivity contribution in [3.05, 3.63) is 64.4 Å². The van der Waals surface area contributed by atoms with Gasteiger partial charge < -0.3 is 5.32 Å². The second-order valence-electron chi connectivity index (χ2n) is 5.73. The molecular weight excluding hydrogens is 320 g/mol. The first-order chi connectivity index (χ1) is 11.8. The first-order valence-electron chi connectivity index (χ1n) is 7.92. The molecule has 0 radical (unpaired) electrons. The van der Waals surface area contributed by atoms with Crippen LogP contribution in [0.3, 0.4) is 0 Å². The monoisotopic (exact) mass is 336 g/mol. The Morgan fingerprint density at radius 1 is 1.25 bits per heavy atom. The van der Waals surface area contributed by atoms with Crippen LogP contribution in [0.2, 0.25) is 0 Å². The highest BCUT2D eigenvalue weighted by molar-refractivity contribution is 7.12. The van der Waals surface area contributed by atoms with E-state index in [4.69, 9.17) is 4.98 Å². The van der Waals surface area contributed by atoms with Gasteiger partial charge in [-0.05, 0) is 42.8 Å². The molecule has 0 unspecified atom stereocenters. The van der Waals surface area contributed by atoms with Crippen LogP contribution in [-0.4, -0.2) is 20.9 Å². The molecule has 0 bridgehead atoms. The van der Waals surface area contributed by atoms with Crippen molar-refractivity contribution in [3.63, 3.8) is 0 Å². The molecule has 0 aliphatic heterocycles. The van der Waals surface area contributed by atoms with Crippen molar-refractivity contribution in [2.24, 2.45) is 0 Å². The van der Waals surface area contributed by atoms with Crippen LogP contribution in [0.15, 0.2) is 48.2 Å². The van der Waals surface area contributed by atoms with Crippen LogP contribution < -0.4 is 5.32 Å². The molecule has 3 heterocycles. The summed E-state index contributed by atoms with van der Waals surface area (Å²) in [5.74, 6) is 0.683. The summed E-state index contributed by atoms with van der Waals surface area (Å²) in [6.07, 6.45) is 8.18. The van der Waals surface area contributed by atoms with E-state index in [-0.39, 0.29) is 11.9 Å². The van der Waals surface area contributed by atoms with E-state index < -0.39 is 0 Å². The standard InChI is InChI=1S/C18H16N4OS/c23-18(16-5-2-10-24-16)22-15-4-1-3-14-13(15)11-20-17(21-14)12-6-8-19-9-7-12/h2,5-11,15H,1,3-4H2,(H,22,23)/t15-/m1/s1. The fraction of sp³-hybridized carbons (Fsp3) is 0.222. The summed E-state index contributed by atoms with van der Waals surface area (Å²) >= 11 is 1.45. The number of hydrogen-bond acceptors (Lipinski definition) is 5. The number of amides is 1. The summed E-state index contributed by atoms with van der Waals surface area (Å²) in [4.78, 5) is 26.3. The van der Waals surface area contributed by atoms with Crippen molar-refractivity contribution in [1.29, 1.82) is 0 Å². The Kier molecular flexibility index (Phi) is 4.04. The number of pyridine rings is 1. The number of carbonyl (C=O) groups is 1. The lowest BCUT2D eigenvalue weighted by atomic mass is 9.92. The van der Waals surface area contributed by atoms with E-state index in [1.54, 1.807) is 12.4 Å². The van der Waals surface area contributed by atoms with E-state index in [0.29, 0.717) is 5.82 Å². The number of aryl methyl sites for hydroxylation is 1. The molecule has 4 rings (SSSR count). The lowest BCUT2D eigenvalue weighted by Gasteiger charge is -2.25. The van der Waals surface area contributed by atoms with E-state index in [1.807, 2.05) is 35.8 Å². The van der Waals surface area contributed by atoms with Crippen LogP contribution in [0.25, 0.3) is 11.4 Å². The van der Waals surface area contributed by atoms with Gasteiger partial charge in [-0.2, -0.15) is 0 Å². The Morgan fingerprint density at radius 2 is 2.12 bits per heavy atom. The maximum atomic E-state index is 12.3. The molecule has 0 saturated carbocycles. The summed E-state index contributed by atoms with van der Waals surface area (Å²) in [7, 11) is 0. The van der Waals surface area contributed by atoms with Crippen molar-refractivity contribution < 1.29 is 4.79 Å². The molecule has 1 aliphatic rings. The first-order valence-corrected chi connectivity index (χ1v) is 8.80. The Balaban J connectivity index is 1.60. The van der Waals surface area contributed by atoms with Crippen LogP contribution in [-0.2, 0) is 6.42 Å². The summed E-state index contributed by atoms with van der Waals surface area (Å²) in [5, 5.41) is 5.03. The Morgan fingerprint density at radius 3 is 2.92 bits per heavy atom. The molecule has 3 aromatic heterocycles. The highest BCUT2D eigenvalue weighted by Crippen LogP contribution is 2.30. The lowest BCUT2D eigenvalue weighted by Crippen LogP contribution is -2.31. The van der Waals surface area contributed by atoms with Gasteiger partial charge in [-0.3, -0.25) is 9.78 Å². The maximum Gasteiger partial charge on any atom is 0.261 e. The molecule has 0 aromatic carbocycles. The summed E-state index contributed by atoms with van der Waals surface area (Å²) in [6, 6.07) is 7.52. The lowest BCUT2D eigenvalue weighted by molar-refractivity contribution is 0.0936. The first kappa shape index (κ1) is 15.0. The predicted molar refractivity (Wildman–Crippen MR) is 92.7 cm³/mol. The quantitative estimate of drug-likeness (QED) is 0.796. The largest absolute Gasteiger partial charge is 0.344 e. The van der Waals surface area contributed by atoms with Crippen LogP contribution >= 0.6 is 11.3 Å². The second-order valence-corrected chi connectivity index (χ2v) is 6.67. The molecule has 0 spiro atoms. The van der Waals surface area contributed by atoms with Crippen LogP contribution in [0.1, 0.15) is 39.8 Å². The minimum atomic E-state index is -0.0268. The Hall–Kier alpha value is -2.60. The van der Waals surface area contributed by atoms with E-state index >= 15 is 0 Å². The summed E-state index contributed by atoms with van der Waals surface area (Å²) < 4.78 is 0. The van der Waals surface area contributed by atoms with Gasteiger partial charge in [0, 0.05) is 35.4 Å². The number of thiophene rings is 1. The second kappa shape index (κ2) is 6.49. The highest BCUT2D eigenvalue weighted by atomic mass is 32.1. The molecule has 1 N–H and O–H groups in total. The third-order valence-electron chi connectivity index (χ3n) is 4.17. The van der Waals surface area contributed by atoms with E-state index in [0.717, 1.165) is 41.0 Å². The fourth-order valence-corrected chi connectivity index (χ4v) is 3.60. The normalized spacial score (nSPS) is 16.4. The zero-order valence-electron chi connectivity index (χ0n) is 13.0. The molecule has 0 fully saturated rings. The van der Waals surface area contributed by atoms with Crippen molar-refractivity contribution in [2.45, 2.75) is 25.3 Å². The number of carbonyl (C=O) groups excluding carboxylic acids is 1. The van der Waals surface area contributed by atoms with Gasteiger partial charge in [0.05, 0.1) is 10.9 Å². The molecule has 0 saturated heterocycles. The van der Waals surface area contributed by atoms with E-state index in [2.05, 4.69) is 15.3 Å². The molecule has 1 amide bonds. The highest BCUT2D eigenvalue weighted by Gasteiger charge is 2.24. The van der Waals surface area contributed by atoms with E-state index in [9.17, 15) is 4.79 Å². The van der Waals surface area contributed by atoms with Crippen molar-refractivity contribution in [3.8, 4) is 11.4 Å². The smallest absolute Gasteiger partial charge is 0.261 e. The number of hydrogen-bond donors (Lipinski definition) is 1. The van der Waals surface area contributed by atoms with Gasteiger partial charge in [0.1, 0.15) is 0 Å². The Bertz CT molecular complexity index is 849. The SMILES string of the molecule is O=C(N[C@@H]1CCCc2nc(-c3ccncc3)ncc21)c1cccs1. The van der Waals surface area contributed by atoms with Gasteiger partial charge in [0.25, 0.3) is 5.91 Å². The Labute approximate surface area is 143 Å². The third kappa shape index (κ3) is 2.92. The van der Waals surface area contributed by atoms with Gasteiger partial charge in [-0.1, -0.05) is 6.07 Å². The maximum absolute atomic E-state index is 12.3. The van der Waals surface area contributed by atoms with Crippen LogP contribution in [0.5, 0.6) is 0 Å². The molecule has 5 nitrogen and oxygen atoms in total. The topological polar surface area (TPSA) is 67.8 Å². The van der Waals surface area contributed by atoms with Gasteiger partial charge >= 0.3 is 0 Å². The van der Waals surface area contributed by atoms with E-state index in [1.165, 1.54) is 11.3 Å². The number of fused-ring (bicyclic) bond motifs is 1. The molecule has 24 heavy (non-hydrogen) atoms. The summed E-state index contributed by atoms with van der Waals surface area (Å²) in [5.41, 5.74) is 3.01. The number of nitrogens with one attached hydrogen (secondary N) is 1. The average Bonchev–Trinajstić information content (AvgIpc) is 3.17. The predicted octanol–water partition coefficient (Wildman–Crippen LogP) is 3.41. The molecule has 3 aromatic rings. The van der Waals surface area contributed by atoms with Gasteiger partial charge in [0.2, 0.25) is 0 Å². The van der Waals surface area contributed by atoms with Crippen LogP contribution in [0.4, 0.5) is 0 Å². The molecule has 120 valence electrons. The molecule has 6 heteroatoms. The average molecular weight is 336 g/mol. The summed E-state index contributed by atoms with van der Waals surface area (Å²) in [6.45, 7) is 0. The number of rotatable bonds is 3. The molecule has 1 aliphatic carbocycles. The van der Waals surface area contributed by atoms with Gasteiger partial charge in [0.15, 0.2) is 5.82 Å². The van der Waals surface area contributed by atoms with Crippen LogP contribution in [0, 0.1) is 0 Å². The molecule has 1 atom stereocenters. The van der Waals surface area contributed by atoms with Crippen molar-refractivity contribution in [1.82, 2.24) is 20.3 Å². The fourth-order valence-electron chi connectivity index (χ4n) is 2.97. The zero-order valence-corrected chi connectivity index (χ0v) is 13.8. The minimum absolute atomic E-state index is 0.0187. The zero-order chi connectivity index (χ0) is 16.4. The minimum Gasteiger partial charge on any atom is -0.344 e. The van der Waals surface area contributed by atoms with Gasteiger partial charge in [-0.25, -0.2) is 9.97 Å². The van der Waals surface area contributed by atoms with Gasteiger partial charge in [-0.15, -0.1) is 11.3 Å². The third-order valence-corrected chi connectivity index (χ3v) is 5.04. The molecular formula is C18H16N4OS. The van der Waals surface area contributed by atoms with Crippen molar-refractivity contribution >= 4 is 17.2 Å².